The molecule has 1 aliphatic rings. The molecular formula is C6H12O6. The largest absolute Gasteiger partial charge is 0.394 e. The van der Waals surface area contributed by atoms with Crippen molar-refractivity contribution in [1.82, 2.24) is 0 Å². The highest BCUT2D eigenvalue weighted by atomic mass is 16.7. The van der Waals surface area contributed by atoms with E-state index in [9.17, 15) is 0 Å². The Morgan fingerprint density at radius 2 is 1.50 bits per heavy atom. The van der Waals surface area contributed by atoms with Gasteiger partial charge in [0.1, 0.15) is 24.4 Å². The van der Waals surface area contributed by atoms with Gasteiger partial charge in [-0.15, -0.1) is 0 Å². The van der Waals surface area contributed by atoms with Crippen molar-refractivity contribution in [1.29, 1.82) is 0 Å². The van der Waals surface area contributed by atoms with Crippen LogP contribution in [0.5, 0.6) is 0 Å². The van der Waals surface area contributed by atoms with Crippen LogP contribution in [0, 0.1) is 0 Å². The summed E-state index contributed by atoms with van der Waals surface area (Å²) in [6, 6.07) is 0. The van der Waals surface area contributed by atoms with Gasteiger partial charge in [0.05, 0.1) is 6.61 Å². The molecule has 0 aromatic carbocycles. The van der Waals surface area contributed by atoms with Crippen LogP contribution in [-0.4, -0.2) is 62.8 Å². The summed E-state index contributed by atoms with van der Waals surface area (Å²) in [5.74, 6) is 0. The summed E-state index contributed by atoms with van der Waals surface area (Å²) in [6.07, 6.45) is -7.04. The Morgan fingerprint density at radius 1 is 0.917 bits per heavy atom. The van der Waals surface area contributed by atoms with Gasteiger partial charge in [0.15, 0.2) is 6.29 Å². The Bertz CT molecular complexity index is 146. The van der Waals surface area contributed by atoms with E-state index in [1.165, 1.54) is 0 Å². The first-order valence-corrected chi connectivity index (χ1v) is 3.56. The summed E-state index contributed by atoms with van der Waals surface area (Å²) in [5, 5.41) is 44.7. The number of aliphatic hydroxyl groups is 5. The molecule has 6 heteroatoms. The van der Waals surface area contributed by atoms with Crippen molar-refractivity contribution >= 4 is 0 Å². The van der Waals surface area contributed by atoms with E-state index in [4.69, 9.17) is 25.5 Å². The van der Waals surface area contributed by atoms with Gasteiger partial charge in [-0.25, -0.2) is 0 Å². The van der Waals surface area contributed by atoms with Crippen LogP contribution in [0.25, 0.3) is 0 Å². The van der Waals surface area contributed by atoms with E-state index in [2.05, 4.69) is 4.74 Å². The van der Waals surface area contributed by atoms with Crippen molar-refractivity contribution in [2.45, 2.75) is 30.7 Å². The quantitative estimate of drug-likeness (QED) is 0.272. The summed E-state index contributed by atoms with van der Waals surface area (Å²) in [5.41, 5.74) is 0. The zero-order chi connectivity index (χ0) is 9.30. The molecule has 0 aromatic rings. The zero-order valence-corrected chi connectivity index (χ0v) is 6.24. The molecule has 1 rings (SSSR count). The van der Waals surface area contributed by atoms with Crippen LogP contribution < -0.4 is 0 Å². The van der Waals surface area contributed by atoms with E-state index in [0.717, 1.165) is 0 Å². The fourth-order valence-corrected chi connectivity index (χ4v) is 1.08. The number of rotatable bonds is 1. The fraction of sp³-hybridized carbons (Fsp3) is 1.00. The van der Waals surface area contributed by atoms with E-state index >= 15 is 0 Å². The molecule has 0 aromatic heterocycles. The number of aliphatic hydroxyl groups excluding tert-OH is 5. The van der Waals surface area contributed by atoms with Crippen LogP contribution in [0.2, 0.25) is 0 Å². The predicted molar refractivity (Wildman–Crippen MR) is 36.0 cm³/mol. The lowest BCUT2D eigenvalue weighted by atomic mass is 10.0. The van der Waals surface area contributed by atoms with Gasteiger partial charge in [0, 0.05) is 0 Å². The van der Waals surface area contributed by atoms with E-state index < -0.39 is 37.3 Å². The summed E-state index contributed by atoms with van der Waals surface area (Å²) < 4.78 is 4.58. The molecule has 0 bridgehead atoms. The first-order chi connectivity index (χ1) is 5.57. The highest BCUT2D eigenvalue weighted by Gasteiger charge is 2.42. The smallest absolute Gasteiger partial charge is 0.184 e. The van der Waals surface area contributed by atoms with Gasteiger partial charge in [-0.1, -0.05) is 0 Å². The lowest BCUT2D eigenvalue weighted by Gasteiger charge is -2.37. The molecule has 5 atom stereocenters. The summed E-state index contributed by atoms with van der Waals surface area (Å²) in [7, 11) is 0. The average molecular weight is 181 g/mol. The van der Waals surface area contributed by atoms with E-state index in [0.29, 0.717) is 0 Å². The van der Waals surface area contributed by atoms with Gasteiger partial charge in [-0.3, -0.25) is 0 Å². The molecule has 0 aliphatic carbocycles. The normalized spacial score (nSPS) is 49.2. The zero-order valence-electron chi connectivity index (χ0n) is 6.24. The molecular weight excluding hydrogens is 169 g/mol. The SMILES string of the molecule is OC[C@H]1O[13CH](O)[C@H](O)[C@H](O)[C@@H]1O. The topological polar surface area (TPSA) is 110 Å². The second kappa shape index (κ2) is 3.65. The van der Waals surface area contributed by atoms with Crippen LogP contribution in [0.3, 0.4) is 0 Å². The van der Waals surface area contributed by atoms with Crippen LogP contribution in [0.4, 0.5) is 0 Å². The van der Waals surface area contributed by atoms with Crippen molar-refractivity contribution in [3.05, 3.63) is 0 Å². The summed E-state index contributed by atoms with van der Waals surface area (Å²) in [6.45, 7) is -0.526. The number of hydrogen-bond acceptors (Lipinski definition) is 6. The summed E-state index contributed by atoms with van der Waals surface area (Å²) in [4.78, 5) is 0. The van der Waals surface area contributed by atoms with Crippen molar-refractivity contribution < 1.29 is 30.3 Å². The fourth-order valence-electron chi connectivity index (χ4n) is 1.08. The van der Waals surface area contributed by atoms with Gasteiger partial charge >= 0.3 is 0 Å². The van der Waals surface area contributed by atoms with Crippen LogP contribution >= 0.6 is 0 Å². The van der Waals surface area contributed by atoms with Crippen LogP contribution in [0.15, 0.2) is 0 Å². The Morgan fingerprint density at radius 3 is 2.00 bits per heavy atom. The number of hydrogen-bond donors (Lipinski definition) is 5. The molecule has 0 spiro atoms. The molecule has 0 amide bonds. The predicted octanol–water partition coefficient (Wildman–Crippen LogP) is -3.22. The van der Waals surface area contributed by atoms with Gasteiger partial charge in [0.25, 0.3) is 0 Å². The van der Waals surface area contributed by atoms with E-state index in [1.54, 1.807) is 0 Å². The van der Waals surface area contributed by atoms with Gasteiger partial charge in [0.2, 0.25) is 0 Å². The van der Waals surface area contributed by atoms with E-state index in [1.807, 2.05) is 0 Å². The number of ether oxygens (including phenoxy) is 1. The average Bonchev–Trinajstić information content (AvgIpc) is 2.08. The maximum atomic E-state index is 9.12. The van der Waals surface area contributed by atoms with Gasteiger partial charge < -0.3 is 30.3 Å². The molecule has 5 N–H and O–H groups in total. The molecule has 1 saturated heterocycles. The standard InChI is InChI=1S/C6H12O6/c7-1-2-3(8)4(9)5(10)6(11)12-2/h2-11H,1H2/t2-,3-,4-,5-,6?/m1/s1/i6+1. The Hall–Kier alpha value is -0.240. The highest BCUT2D eigenvalue weighted by Crippen LogP contribution is 2.18. The molecule has 6 nitrogen and oxygen atoms in total. The first kappa shape index (κ1) is 9.85. The van der Waals surface area contributed by atoms with Crippen molar-refractivity contribution in [2.75, 3.05) is 6.61 Å². The maximum Gasteiger partial charge on any atom is 0.184 e. The third-order valence-corrected chi connectivity index (χ3v) is 1.87. The Labute approximate surface area is 68.6 Å². The molecule has 1 fully saturated rings. The van der Waals surface area contributed by atoms with Crippen LogP contribution in [-0.2, 0) is 4.74 Å². The van der Waals surface area contributed by atoms with E-state index in [-0.39, 0.29) is 0 Å². The van der Waals surface area contributed by atoms with Gasteiger partial charge in [-0.2, -0.15) is 0 Å². The Kier molecular flexibility index (Phi) is 2.99. The molecule has 1 aliphatic heterocycles. The lowest BCUT2D eigenvalue weighted by Crippen LogP contribution is -2.58. The molecule has 0 saturated carbocycles. The molecule has 72 valence electrons. The molecule has 12 heavy (non-hydrogen) atoms. The van der Waals surface area contributed by atoms with Crippen molar-refractivity contribution in [2.24, 2.45) is 0 Å². The summed E-state index contributed by atoms with van der Waals surface area (Å²) >= 11 is 0. The van der Waals surface area contributed by atoms with Crippen molar-refractivity contribution in [3.63, 3.8) is 0 Å². The second-order valence-corrected chi connectivity index (χ2v) is 2.72. The third kappa shape index (κ3) is 1.58. The monoisotopic (exact) mass is 181 g/mol. The maximum absolute atomic E-state index is 9.12. The first-order valence-electron chi connectivity index (χ1n) is 3.56. The molecule has 1 heterocycles. The highest BCUT2D eigenvalue weighted by molar-refractivity contribution is 4.87. The van der Waals surface area contributed by atoms with Crippen LogP contribution in [0.1, 0.15) is 0 Å². The minimum Gasteiger partial charge on any atom is -0.394 e. The van der Waals surface area contributed by atoms with Crippen molar-refractivity contribution in [3.8, 4) is 0 Å². The second-order valence-electron chi connectivity index (χ2n) is 2.72. The lowest BCUT2D eigenvalue weighted by molar-refractivity contribution is -0.286. The Balaban J connectivity index is 2.63. The van der Waals surface area contributed by atoms with Gasteiger partial charge in [-0.05, 0) is 0 Å². The molecule has 1 unspecified atom stereocenters. The molecule has 0 radical (unpaired) electrons. The third-order valence-electron chi connectivity index (χ3n) is 1.87. The minimum atomic E-state index is -1.57. The minimum absolute atomic E-state index is 0.526.